The van der Waals surface area contributed by atoms with Gasteiger partial charge in [-0.3, -0.25) is 14.9 Å². The number of esters is 1. The molecular formula is C7H7NO5. The van der Waals surface area contributed by atoms with E-state index in [2.05, 4.69) is 4.74 Å². The molecule has 1 aromatic rings. The zero-order valence-corrected chi connectivity index (χ0v) is 6.85. The van der Waals surface area contributed by atoms with Crippen LogP contribution < -0.4 is 0 Å². The van der Waals surface area contributed by atoms with Crippen LogP contribution in [0.4, 0.5) is 5.88 Å². The predicted molar refractivity (Wildman–Crippen MR) is 40.8 cm³/mol. The molecule has 0 aliphatic carbocycles. The highest BCUT2D eigenvalue weighted by Gasteiger charge is 2.11. The van der Waals surface area contributed by atoms with Gasteiger partial charge in [0.1, 0.15) is 17.3 Å². The molecule has 0 aliphatic rings. The van der Waals surface area contributed by atoms with Crippen LogP contribution in [-0.4, -0.2) is 10.9 Å². The van der Waals surface area contributed by atoms with Gasteiger partial charge < -0.3 is 9.15 Å². The van der Waals surface area contributed by atoms with E-state index in [-0.39, 0.29) is 18.3 Å². The van der Waals surface area contributed by atoms with Gasteiger partial charge in [0, 0.05) is 6.92 Å². The number of carbonyl (C=O) groups is 1. The Morgan fingerprint density at radius 3 is 2.85 bits per heavy atom. The molecule has 70 valence electrons. The van der Waals surface area contributed by atoms with Gasteiger partial charge in [0.2, 0.25) is 0 Å². The first-order valence-electron chi connectivity index (χ1n) is 3.46. The molecule has 0 N–H and O–H groups in total. The van der Waals surface area contributed by atoms with Crippen LogP contribution >= 0.6 is 0 Å². The van der Waals surface area contributed by atoms with Crippen LogP contribution in [0.3, 0.4) is 0 Å². The fourth-order valence-electron chi connectivity index (χ4n) is 0.715. The number of furan rings is 1. The SMILES string of the molecule is CC(=O)OCc1ccc([N+](=O)[O-])o1. The van der Waals surface area contributed by atoms with Crippen molar-refractivity contribution in [3.63, 3.8) is 0 Å². The van der Waals surface area contributed by atoms with Gasteiger partial charge in [-0.05, 0) is 6.07 Å². The molecule has 0 atom stereocenters. The smallest absolute Gasteiger partial charge is 0.433 e. The lowest BCUT2D eigenvalue weighted by atomic mass is 10.5. The average Bonchev–Trinajstić information content (AvgIpc) is 2.48. The minimum atomic E-state index is -0.655. The monoisotopic (exact) mass is 185 g/mol. The van der Waals surface area contributed by atoms with E-state index in [0.717, 1.165) is 0 Å². The normalized spacial score (nSPS) is 9.62. The molecule has 1 heterocycles. The van der Waals surface area contributed by atoms with Crippen LogP contribution in [0.5, 0.6) is 0 Å². The number of nitro groups is 1. The molecule has 0 saturated carbocycles. The van der Waals surface area contributed by atoms with E-state index in [9.17, 15) is 14.9 Å². The van der Waals surface area contributed by atoms with Crippen molar-refractivity contribution in [2.45, 2.75) is 13.5 Å². The molecule has 1 rings (SSSR count). The van der Waals surface area contributed by atoms with Crippen molar-refractivity contribution in [3.05, 3.63) is 28.0 Å². The van der Waals surface area contributed by atoms with Crippen molar-refractivity contribution >= 4 is 11.9 Å². The summed E-state index contributed by atoms with van der Waals surface area (Å²) in [5.74, 6) is -0.567. The fourth-order valence-corrected chi connectivity index (χ4v) is 0.715. The van der Waals surface area contributed by atoms with Gasteiger partial charge in [0.15, 0.2) is 0 Å². The van der Waals surface area contributed by atoms with Crippen LogP contribution in [0, 0.1) is 10.1 Å². The zero-order valence-electron chi connectivity index (χ0n) is 6.85. The number of hydrogen-bond acceptors (Lipinski definition) is 5. The zero-order chi connectivity index (χ0) is 9.84. The second-order valence-corrected chi connectivity index (χ2v) is 2.28. The minimum absolute atomic E-state index is 0.0802. The van der Waals surface area contributed by atoms with Crippen molar-refractivity contribution in [3.8, 4) is 0 Å². The van der Waals surface area contributed by atoms with E-state index in [1.807, 2.05) is 0 Å². The second-order valence-electron chi connectivity index (χ2n) is 2.28. The van der Waals surface area contributed by atoms with Gasteiger partial charge in [0.05, 0.1) is 6.07 Å². The van der Waals surface area contributed by atoms with Crippen molar-refractivity contribution < 1.29 is 18.9 Å². The second kappa shape index (κ2) is 3.70. The Morgan fingerprint density at radius 1 is 1.69 bits per heavy atom. The Bertz CT molecular complexity index is 329. The largest absolute Gasteiger partial charge is 0.458 e. The Morgan fingerprint density at radius 2 is 2.38 bits per heavy atom. The molecule has 0 unspecified atom stereocenters. The molecule has 1 aromatic heterocycles. The molecule has 0 bridgehead atoms. The Balaban J connectivity index is 2.59. The molecule has 6 heteroatoms. The third kappa shape index (κ3) is 2.58. The van der Waals surface area contributed by atoms with Gasteiger partial charge in [0.25, 0.3) is 0 Å². The molecule has 0 spiro atoms. The Kier molecular flexibility index (Phi) is 2.63. The third-order valence-corrected chi connectivity index (χ3v) is 1.25. The molecule has 0 radical (unpaired) electrons. The van der Waals surface area contributed by atoms with E-state index in [1.54, 1.807) is 0 Å². The number of ether oxygens (including phenoxy) is 1. The lowest BCUT2D eigenvalue weighted by Gasteiger charge is -1.95. The summed E-state index contributed by atoms with van der Waals surface area (Å²) in [5, 5.41) is 10.2. The summed E-state index contributed by atoms with van der Waals surface area (Å²) >= 11 is 0. The summed E-state index contributed by atoms with van der Waals surface area (Å²) in [6.45, 7) is 1.17. The van der Waals surface area contributed by atoms with Gasteiger partial charge >= 0.3 is 11.9 Å². The van der Waals surface area contributed by atoms with Crippen LogP contribution in [0.25, 0.3) is 0 Å². The van der Waals surface area contributed by atoms with Crippen molar-refractivity contribution in [1.29, 1.82) is 0 Å². The summed E-state index contributed by atoms with van der Waals surface area (Å²) in [6, 6.07) is 2.60. The molecule has 6 nitrogen and oxygen atoms in total. The standard InChI is InChI=1S/C7H7NO5/c1-5(9)12-4-6-2-3-7(13-6)8(10)11/h2-3H,4H2,1H3. The Labute approximate surface area is 73.2 Å². The Hall–Kier alpha value is -1.85. The number of nitrogens with zero attached hydrogens (tertiary/aromatic N) is 1. The lowest BCUT2D eigenvalue weighted by molar-refractivity contribution is -0.402. The summed E-state index contributed by atoms with van der Waals surface area (Å²) in [6.07, 6.45) is 0. The van der Waals surface area contributed by atoms with Crippen molar-refractivity contribution in [1.82, 2.24) is 0 Å². The maximum atomic E-state index is 10.4. The summed E-state index contributed by atoms with van der Waals surface area (Å²) in [5.41, 5.74) is 0. The van der Waals surface area contributed by atoms with E-state index in [1.165, 1.54) is 19.1 Å². The first-order chi connectivity index (χ1) is 6.09. The number of rotatable bonds is 3. The minimum Gasteiger partial charge on any atom is -0.458 e. The van der Waals surface area contributed by atoms with Crippen LogP contribution in [-0.2, 0) is 16.1 Å². The molecule has 0 amide bonds. The first kappa shape index (κ1) is 9.24. The topological polar surface area (TPSA) is 82.6 Å². The van der Waals surface area contributed by atoms with Gasteiger partial charge in [-0.1, -0.05) is 0 Å². The molecule has 0 saturated heterocycles. The quantitative estimate of drug-likeness (QED) is 0.402. The van der Waals surface area contributed by atoms with E-state index >= 15 is 0 Å². The fraction of sp³-hybridized carbons (Fsp3) is 0.286. The third-order valence-electron chi connectivity index (χ3n) is 1.25. The summed E-state index contributed by atoms with van der Waals surface area (Å²) in [7, 11) is 0. The molecule has 13 heavy (non-hydrogen) atoms. The van der Waals surface area contributed by atoms with Crippen molar-refractivity contribution in [2.24, 2.45) is 0 Å². The van der Waals surface area contributed by atoms with Gasteiger partial charge in [-0.2, -0.15) is 0 Å². The maximum Gasteiger partial charge on any atom is 0.433 e. The van der Waals surface area contributed by atoms with E-state index in [0.29, 0.717) is 0 Å². The van der Waals surface area contributed by atoms with Crippen LogP contribution in [0.15, 0.2) is 16.5 Å². The van der Waals surface area contributed by atoms with E-state index in [4.69, 9.17) is 4.42 Å². The molecule has 0 aromatic carbocycles. The van der Waals surface area contributed by atoms with Gasteiger partial charge in [-0.25, -0.2) is 0 Å². The van der Waals surface area contributed by atoms with Gasteiger partial charge in [-0.15, -0.1) is 0 Å². The molecular weight excluding hydrogens is 178 g/mol. The number of carbonyl (C=O) groups excluding carboxylic acids is 1. The van der Waals surface area contributed by atoms with Crippen LogP contribution in [0.2, 0.25) is 0 Å². The highest BCUT2D eigenvalue weighted by atomic mass is 16.6. The molecule has 0 fully saturated rings. The lowest BCUT2D eigenvalue weighted by Crippen LogP contribution is -1.97. The molecule has 0 aliphatic heterocycles. The summed E-state index contributed by atoms with van der Waals surface area (Å²) in [4.78, 5) is 19.9. The average molecular weight is 185 g/mol. The first-order valence-corrected chi connectivity index (χ1v) is 3.46. The highest BCUT2D eigenvalue weighted by molar-refractivity contribution is 5.65. The van der Waals surface area contributed by atoms with Crippen molar-refractivity contribution in [2.75, 3.05) is 0 Å². The summed E-state index contributed by atoms with van der Waals surface area (Å²) < 4.78 is 9.28. The predicted octanol–water partition coefficient (Wildman–Crippen LogP) is 1.25. The van der Waals surface area contributed by atoms with Crippen LogP contribution in [0.1, 0.15) is 12.7 Å². The highest BCUT2D eigenvalue weighted by Crippen LogP contribution is 2.15. The number of hydrogen-bond donors (Lipinski definition) is 0. The van der Waals surface area contributed by atoms with E-state index < -0.39 is 10.9 Å². The maximum absolute atomic E-state index is 10.4.